The SMILES string of the molecule is CCOc1ccc(OC)cc1NCc1c(C)nn(CCO)c1C. The average molecular weight is 319 g/mol. The molecule has 0 bridgehead atoms. The molecule has 1 aromatic carbocycles. The first-order chi connectivity index (χ1) is 11.1. The van der Waals surface area contributed by atoms with Crippen LogP contribution in [0.2, 0.25) is 0 Å². The fourth-order valence-corrected chi connectivity index (χ4v) is 2.54. The van der Waals surface area contributed by atoms with E-state index >= 15 is 0 Å². The second kappa shape index (κ2) is 7.87. The van der Waals surface area contributed by atoms with Gasteiger partial charge in [-0.1, -0.05) is 0 Å². The maximum atomic E-state index is 9.10. The van der Waals surface area contributed by atoms with E-state index in [0.717, 1.165) is 34.1 Å². The number of aliphatic hydroxyl groups excluding tert-OH is 1. The van der Waals surface area contributed by atoms with Gasteiger partial charge in [0.25, 0.3) is 0 Å². The lowest BCUT2D eigenvalue weighted by atomic mass is 10.2. The van der Waals surface area contributed by atoms with Gasteiger partial charge >= 0.3 is 0 Å². The lowest BCUT2D eigenvalue weighted by Gasteiger charge is -2.14. The van der Waals surface area contributed by atoms with Crippen LogP contribution in [0.25, 0.3) is 0 Å². The molecule has 0 saturated carbocycles. The zero-order valence-electron chi connectivity index (χ0n) is 14.2. The zero-order chi connectivity index (χ0) is 16.8. The number of aromatic nitrogens is 2. The van der Waals surface area contributed by atoms with Crippen molar-refractivity contribution < 1.29 is 14.6 Å². The Labute approximate surface area is 137 Å². The van der Waals surface area contributed by atoms with Gasteiger partial charge in [0, 0.05) is 23.9 Å². The molecule has 6 heteroatoms. The number of hydrogen-bond donors (Lipinski definition) is 2. The molecule has 23 heavy (non-hydrogen) atoms. The molecular formula is C17H25N3O3. The molecular weight excluding hydrogens is 294 g/mol. The lowest BCUT2D eigenvalue weighted by Crippen LogP contribution is -2.07. The van der Waals surface area contributed by atoms with Crippen LogP contribution in [-0.2, 0) is 13.1 Å². The summed E-state index contributed by atoms with van der Waals surface area (Å²) in [5.74, 6) is 1.58. The first-order valence-corrected chi connectivity index (χ1v) is 7.79. The van der Waals surface area contributed by atoms with Crippen LogP contribution in [-0.4, -0.2) is 35.2 Å². The van der Waals surface area contributed by atoms with Crippen LogP contribution in [0.15, 0.2) is 18.2 Å². The minimum atomic E-state index is 0.0825. The van der Waals surface area contributed by atoms with Crippen molar-refractivity contribution in [1.29, 1.82) is 0 Å². The molecule has 0 atom stereocenters. The largest absolute Gasteiger partial charge is 0.497 e. The summed E-state index contributed by atoms with van der Waals surface area (Å²) in [6.07, 6.45) is 0. The van der Waals surface area contributed by atoms with Crippen LogP contribution in [0.4, 0.5) is 5.69 Å². The smallest absolute Gasteiger partial charge is 0.142 e. The number of ether oxygens (including phenoxy) is 2. The number of rotatable bonds is 8. The van der Waals surface area contributed by atoms with Crippen molar-refractivity contribution >= 4 is 5.69 Å². The standard InChI is InChI=1S/C17H25N3O3/c1-5-23-17-7-6-14(22-4)10-16(17)18-11-15-12(2)19-20(8-9-21)13(15)3/h6-7,10,18,21H,5,8-9,11H2,1-4H3. The maximum Gasteiger partial charge on any atom is 0.142 e. The number of methoxy groups -OCH3 is 1. The topological polar surface area (TPSA) is 68.5 Å². The fraction of sp³-hybridized carbons (Fsp3) is 0.471. The van der Waals surface area contributed by atoms with Crippen LogP contribution < -0.4 is 14.8 Å². The number of benzene rings is 1. The van der Waals surface area contributed by atoms with E-state index in [1.54, 1.807) is 7.11 Å². The van der Waals surface area contributed by atoms with E-state index in [1.165, 1.54) is 0 Å². The van der Waals surface area contributed by atoms with E-state index in [-0.39, 0.29) is 6.61 Å². The Kier molecular flexibility index (Phi) is 5.87. The summed E-state index contributed by atoms with van der Waals surface area (Å²) in [7, 11) is 1.65. The quantitative estimate of drug-likeness (QED) is 0.782. The molecule has 2 N–H and O–H groups in total. The van der Waals surface area contributed by atoms with E-state index in [2.05, 4.69) is 10.4 Å². The molecule has 0 saturated heterocycles. The highest BCUT2D eigenvalue weighted by molar-refractivity contribution is 5.60. The minimum absolute atomic E-state index is 0.0825. The molecule has 0 unspecified atom stereocenters. The lowest BCUT2D eigenvalue weighted by molar-refractivity contribution is 0.268. The monoisotopic (exact) mass is 319 g/mol. The number of anilines is 1. The van der Waals surface area contributed by atoms with Gasteiger partial charge in [-0.2, -0.15) is 5.10 Å². The average Bonchev–Trinajstić information content (AvgIpc) is 2.81. The zero-order valence-corrected chi connectivity index (χ0v) is 14.2. The predicted molar refractivity (Wildman–Crippen MR) is 90.3 cm³/mol. The minimum Gasteiger partial charge on any atom is -0.497 e. The van der Waals surface area contributed by atoms with Gasteiger partial charge < -0.3 is 19.9 Å². The third kappa shape index (κ3) is 3.96. The fourth-order valence-electron chi connectivity index (χ4n) is 2.54. The highest BCUT2D eigenvalue weighted by Gasteiger charge is 2.12. The molecule has 0 aliphatic carbocycles. The number of nitrogens with one attached hydrogen (secondary N) is 1. The Morgan fingerprint density at radius 1 is 1.30 bits per heavy atom. The van der Waals surface area contributed by atoms with Gasteiger partial charge in [-0.3, -0.25) is 4.68 Å². The van der Waals surface area contributed by atoms with E-state index in [0.29, 0.717) is 19.7 Å². The summed E-state index contributed by atoms with van der Waals surface area (Å²) in [5, 5.41) is 17.0. The van der Waals surface area contributed by atoms with Gasteiger partial charge in [0.1, 0.15) is 11.5 Å². The number of hydrogen-bond acceptors (Lipinski definition) is 5. The Morgan fingerprint density at radius 3 is 2.74 bits per heavy atom. The van der Waals surface area contributed by atoms with Gasteiger partial charge in [-0.25, -0.2) is 0 Å². The van der Waals surface area contributed by atoms with Crippen molar-refractivity contribution in [3.8, 4) is 11.5 Å². The van der Waals surface area contributed by atoms with Gasteiger partial charge in [0.2, 0.25) is 0 Å². The van der Waals surface area contributed by atoms with Gasteiger partial charge in [-0.05, 0) is 32.9 Å². The van der Waals surface area contributed by atoms with Crippen molar-refractivity contribution in [3.63, 3.8) is 0 Å². The number of aliphatic hydroxyl groups is 1. The van der Waals surface area contributed by atoms with E-state index in [9.17, 15) is 0 Å². The van der Waals surface area contributed by atoms with Gasteiger partial charge in [0.05, 0.1) is 38.2 Å². The highest BCUT2D eigenvalue weighted by atomic mass is 16.5. The molecule has 0 radical (unpaired) electrons. The van der Waals surface area contributed by atoms with E-state index in [4.69, 9.17) is 14.6 Å². The van der Waals surface area contributed by atoms with Gasteiger partial charge in [0.15, 0.2) is 0 Å². The van der Waals surface area contributed by atoms with Crippen LogP contribution in [0, 0.1) is 13.8 Å². The third-order valence-electron chi connectivity index (χ3n) is 3.79. The van der Waals surface area contributed by atoms with E-state index in [1.807, 2.05) is 43.7 Å². The summed E-state index contributed by atoms with van der Waals surface area (Å²) in [4.78, 5) is 0. The van der Waals surface area contributed by atoms with Crippen LogP contribution in [0.1, 0.15) is 23.9 Å². The van der Waals surface area contributed by atoms with Crippen molar-refractivity contribution in [2.24, 2.45) is 0 Å². The van der Waals surface area contributed by atoms with Crippen molar-refractivity contribution in [1.82, 2.24) is 9.78 Å². The Morgan fingerprint density at radius 2 is 2.09 bits per heavy atom. The molecule has 0 aliphatic heterocycles. The summed E-state index contributed by atoms with van der Waals surface area (Å²) in [6.45, 7) is 7.79. The van der Waals surface area contributed by atoms with Crippen LogP contribution in [0.5, 0.6) is 11.5 Å². The summed E-state index contributed by atoms with van der Waals surface area (Å²) in [5.41, 5.74) is 4.04. The Hall–Kier alpha value is -2.21. The van der Waals surface area contributed by atoms with Crippen molar-refractivity contribution in [3.05, 3.63) is 35.2 Å². The molecule has 0 spiro atoms. The Bertz CT molecular complexity index is 653. The molecule has 1 heterocycles. The molecule has 0 amide bonds. The normalized spacial score (nSPS) is 10.7. The van der Waals surface area contributed by atoms with Crippen LogP contribution in [0.3, 0.4) is 0 Å². The molecule has 1 aromatic heterocycles. The van der Waals surface area contributed by atoms with Crippen LogP contribution >= 0.6 is 0 Å². The molecule has 2 aromatic rings. The first kappa shape index (κ1) is 17.1. The maximum absolute atomic E-state index is 9.10. The van der Waals surface area contributed by atoms with Crippen molar-refractivity contribution in [2.75, 3.05) is 25.6 Å². The number of aryl methyl sites for hydroxylation is 1. The second-order valence-electron chi connectivity index (χ2n) is 5.24. The molecule has 0 aliphatic rings. The first-order valence-electron chi connectivity index (χ1n) is 7.79. The second-order valence-corrected chi connectivity index (χ2v) is 5.24. The molecule has 6 nitrogen and oxygen atoms in total. The summed E-state index contributed by atoms with van der Waals surface area (Å²) >= 11 is 0. The van der Waals surface area contributed by atoms with E-state index < -0.39 is 0 Å². The molecule has 0 fully saturated rings. The van der Waals surface area contributed by atoms with Crippen molar-refractivity contribution in [2.45, 2.75) is 33.9 Å². The summed E-state index contributed by atoms with van der Waals surface area (Å²) in [6, 6.07) is 5.71. The predicted octanol–water partition coefficient (Wildman–Crippen LogP) is 2.51. The van der Waals surface area contributed by atoms with Gasteiger partial charge in [-0.15, -0.1) is 0 Å². The molecule has 126 valence electrons. The Balaban J connectivity index is 2.20. The molecule has 2 rings (SSSR count). The number of nitrogens with zero attached hydrogens (tertiary/aromatic N) is 2. The third-order valence-corrected chi connectivity index (χ3v) is 3.79. The highest BCUT2D eigenvalue weighted by Crippen LogP contribution is 2.30. The summed E-state index contributed by atoms with van der Waals surface area (Å²) < 4.78 is 12.8.